The van der Waals surface area contributed by atoms with Crippen LogP contribution in [0.15, 0.2) is 59.4 Å². The molecular formula is C20H19FN2O2. The van der Waals surface area contributed by atoms with Crippen LogP contribution < -0.4 is 10.9 Å². The van der Waals surface area contributed by atoms with Gasteiger partial charge in [0.15, 0.2) is 0 Å². The third-order valence-electron chi connectivity index (χ3n) is 4.08. The molecule has 2 N–H and O–H groups in total. The van der Waals surface area contributed by atoms with Crippen molar-refractivity contribution in [3.05, 3.63) is 81.9 Å². The number of hydrogen-bond acceptors (Lipinski definition) is 2. The molecule has 0 fully saturated rings. The Morgan fingerprint density at radius 1 is 1.04 bits per heavy atom. The predicted octanol–water partition coefficient (Wildman–Crippen LogP) is 2.96. The van der Waals surface area contributed by atoms with Crippen LogP contribution in [0, 0.1) is 5.82 Å². The first-order valence-electron chi connectivity index (χ1n) is 8.24. The second-order valence-electron chi connectivity index (χ2n) is 5.94. The molecule has 1 amide bonds. The summed E-state index contributed by atoms with van der Waals surface area (Å²) in [4.78, 5) is 26.6. The van der Waals surface area contributed by atoms with E-state index in [9.17, 15) is 14.0 Å². The van der Waals surface area contributed by atoms with E-state index < -0.39 is 0 Å². The Morgan fingerprint density at radius 3 is 2.64 bits per heavy atom. The Kier molecular flexibility index (Phi) is 5.23. The number of aromatic amines is 1. The molecule has 0 aliphatic heterocycles. The molecule has 3 aromatic rings. The summed E-state index contributed by atoms with van der Waals surface area (Å²) < 4.78 is 13.2. The largest absolute Gasteiger partial charge is 0.356 e. The number of aryl methyl sites for hydroxylation is 1. The second kappa shape index (κ2) is 7.75. The molecule has 0 aliphatic rings. The molecule has 1 heterocycles. The average molecular weight is 338 g/mol. The molecular weight excluding hydrogens is 319 g/mol. The summed E-state index contributed by atoms with van der Waals surface area (Å²) in [5.74, 6) is -0.426. The van der Waals surface area contributed by atoms with Crippen molar-refractivity contribution in [3.8, 4) is 0 Å². The van der Waals surface area contributed by atoms with Crippen LogP contribution in [-0.4, -0.2) is 17.4 Å². The van der Waals surface area contributed by atoms with Gasteiger partial charge in [-0.15, -0.1) is 0 Å². The van der Waals surface area contributed by atoms with Crippen molar-refractivity contribution in [1.82, 2.24) is 10.3 Å². The van der Waals surface area contributed by atoms with Crippen LogP contribution in [0.5, 0.6) is 0 Å². The Hall–Kier alpha value is -2.95. The summed E-state index contributed by atoms with van der Waals surface area (Å²) in [5, 5.41) is 3.60. The lowest BCUT2D eigenvalue weighted by atomic mass is 10.1. The zero-order chi connectivity index (χ0) is 17.6. The van der Waals surface area contributed by atoms with Crippen molar-refractivity contribution < 1.29 is 9.18 Å². The van der Waals surface area contributed by atoms with Crippen molar-refractivity contribution in [2.24, 2.45) is 0 Å². The highest BCUT2D eigenvalue weighted by Crippen LogP contribution is 2.12. The summed E-state index contributed by atoms with van der Waals surface area (Å²) in [5.41, 5.74) is 1.91. The van der Waals surface area contributed by atoms with Gasteiger partial charge in [-0.05, 0) is 48.1 Å². The number of aromatic nitrogens is 1. The molecule has 4 nitrogen and oxygen atoms in total. The van der Waals surface area contributed by atoms with Gasteiger partial charge in [-0.3, -0.25) is 9.59 Å². The summed E-state index contributed by atoms with van der Waals surface area (Å²) >= 11 is 0. The quantitative estimate of drug-likeness (QED) is 0.726. The van der Waals surface area contributed by atoms with Crippen molar-refractivity contribution >= 4 is 16.8 Å². The number of rotatable bonds is 6. The maximum Gasteiger partial charge on any atom is 0.251 e. The normalized spacial score (nSPS) is 10.8. The minimum atomic E-state index is -0.387. The first-order valence-corrected chi connectivity index (χ1v) is 8.24. The van der Waals surface area contributed by atoms with E-state index in [0.29, 0.717) is 36.9 Å². The van der Waals surface area contributed by atoms with Gasteiger partial charge >= 0.3 is 0 Å². The molecule has 0 spiro atoms. The summed E-state index contributed by atoms with van der Waals surface area (Å²) in [6, 6.07) is 15.8. The highest BCUT2D eigenvalue weighted by molar-refractivity contribution is 5.79. The van der Waals surface area contributed by atoms with Crippen LogP contribution in [0.3, 0.4) is 0 Å². The first kappa shape index (κ1) is 16.9. The summed E-state index contributed by atoms with van der Waals surface area (Å²) in [7, 11) is 0. The van der Waals surface area contributed by atoms with Gasteiger partial charge in [0.05, 0.1) is 5.52 Å². The van der Waals surface area contributed by atoms with Crippen LogP contribution in [0.4, 0.5) is 4.39 Å². The number of pyridine rings is 1. The van der Waals surface area contributed by atoms with Crippen molar-refractivity contribution in [2.75, 3.05) is 6.54 Å². The molecule has 1 aromatic heterocycles. The minimum absolute atomic E-state index is 0.0388. The topological polar surface area (TPSA) is 62.0 Å². The van der Waals surface area contributed by atoms with Gasteiger partial charge in [0, 0.05) is 18.5 Å². The third kappa shape index (κ3) is 4.53. The molecule has 3 rings (SSSR count). The molecule has 0 atom stereocenters. The number of H-pyrrole nitrogens is 1. The molecule has 128 valence electrons. The highest BCUT2D eigenvalue weighted by atomic mass is 19.1. The Labute approximate surface area is 144 Å². The van der Waals surface area contributed by atoms with E-state index in [1.807, 2.05) is 30.3 Å². The van der Waals surface area contributed by atoms with E-state index in [-0.39, 0.29) is 17.3 Å². The monoisotopic (exact) mass is 338 g/mol. The van der Waals surface area contributed by atoms with E-state index in [2.05, 4.69) is 10.3 Å². The fourth-order valence-corrected chi connectivity index (χ4v) is 2.73. The number of halogens is 1. The lowest BCUT2D eigenvalue weighted by molar-refractivity contribution is -0.121. The van der Waals surface area contributed by atoms with E-state index in [1.165, 1.54) is 12.1 Å². The molecule has 0 bridgehead atoms. The summed E-state index contributed by atoms with van der Waals surface area (Å²) in [6.07, 6.45) is 1.53. The van der Waals surface area contributed by atoms with Gasteiger partial charge in [-0.25, -0.2) is 4.39 Å². The van der Waals surface area contributed by atoms with Gasteiger partial charge in [0.2, 0.25) is 5.91 Å². The second-order valence-corrected chi connectivity index (χ2v) is 5.94. The fourth-order valence-electron chi connectivity index (χ4n) is 2.73. The van der Waals surface area contributed by atoms with Crippen LogP contribution in [0.1, 0.15) is 17.5 Å². The van der Waals surface area contributed by atoms with E-state index in [4.69, 9.17) is 0 Å². The van der Waals surface area contributed by atoms with Gasteiger partial charge < -0.3 is 10.3 Å². The Morgan fingerprint density at radius 2 is 1.84 bits per heavy atom. The number of carbonyl (C=O) groups excluding carboxylic acids is 1. The number of benzene rings is 2. The maximum absolute atomic E-state index is 13.2. The lowest BCUT2D eigenvalue weighted by Gasteiger charge is -2.06. The lowest BCUT2D eigenvalue weighted by Crippen LogP contribution is -2.27. The molecule has 0 unspecified atom stereocenters. The van der Waals surface area contributed by atoms with E-state index >= 15 is 0 Å². The van der Waals surface area contributed by atoms with E-state index in [0.717, 1.165) is 10.9 Å². The number of amides is 1. The van der Waals surface area contributed by atoms with Gasteiger partial charge in [-0.2, -0.15) is 0 Å². The Bertz CT molecular complexity index is 935. The number of hydrogen-bond donors (Lipinski definition) is 2. The third-order valence-corrected chi connectivity index (χ3v) is 4.08. The van der Waals surface area contributed by atoms with Crippen molar-refractivity contribution in [3.63, 3.8) is 0 Å². The van der Waals surface area contributed by atoms with Gasteiger partial charge in [-0.1, -0.05) is 30.3 Å². The number of nitrogens with one attached hydrogen (secondary N) is 2. The molecule has 5 heteroatoms. The molecule has 25 heavy (non-hydrogen) atoms. The number of carbonyl (C=O) groups is 1. The molecule has 0 radical (unpaired) electrons. The average Bonchev–Trinajstić information content (AvgIpc) is 2.61. The first-order chi connectivity index (χ1) is 12.1. The van der Waals surface area contributed by atoms with Gasteiger partial charge in [0.25, 0.3) is 5.56 Å². The van der Waals surface area contributed by atoms with Crippen LogP contribution >= 0.6 is 0 Å². The predicted molar refractivity (Wildman–Crippen MR) is 96.0 cm³/mol. The fraction of sp³-hybridized carbons (Fsp3) is 0.200. The van der Waals surface area contributed by atoms with Crippen molar-refractivity contribution in [2.45, 2.75) is 19.3 Å². The summed E-state index contributed by atoms with van der Waals surface area (Å²) in [6.45, 7) is 0.392. The SMILES string of the molecule is O=C(CCc1ccccc1)NCCc1cc2ccc(F)cc2[nH]c1=O. The molecule has 0 saturated heterocycles. The number of fused-ring (bicyclic) bond motifs is 1. The molecule has 0 saturated carbocycles. The standard InChI is InChI=1S/C20H19FN2O2/c21-17-8-7-15-12-16(20(25)23-18(15)13-17)10-11-22-19(24)9-6-14-4-2-1-3-5-14/h1-5,7-8,12-13H,6,9-11H2,(H,22,24)(H,23,25). The van der Waals surface area contributed by atoms with Crippen LogP contribution in [0.25, 0.3) is 10.9 Å². The van der Waals surface area contributed by atoms with Crippen molar-refractivity contribution in [1.29, 1.82) is 0 Å². The smallest absolute Gasteiger partial charge is 0.251 e. The Balaban J connectivity index is 1.54. The van der Waals surface area contributed by atoms with E-state index in [1.54, 1.807) is 12.1 Å². The zero-order valence-corrected chi connectivity index (χ0v) is 13.7. The van der Waals surface area contributed by atoms with Gasteiger partial charge in [0.1, 0.15) is 5.82 Å². The van der Waals surface area contributed by atoms with Crippen LogP contribution in [-0.2, 0) is 17.6 Å². The zero-order valence-electron chi connectivity index (χ0n) is 13.7. The molecule has 0 aliphatic carbocycles. The highest BCUT2D eigenvalue weighted by Gasteiger charge is 2.06. The molecule has 2 aromatic carbocycles. The van der Waals surface area contributed by atoms with Crippen LogP contribution in [0.2, 0.25) is 0 Å². The maximum atomic E-state index is 13.2. The minimum Gasteiger partial charge on any atom is -0.356 e.